The molecule has 0 fully saturated rings. The summed E-state index contributed by atoms with van der Waals surface area (Å²) in [5.41, 5.74) is 5.92. The Balaban J connectivity index is 2.47. The van der Waals surface area contributed by atoms with Crippen molar-refractivity contribution < 1.29 is 14.9 Å². The zero-order valence-electron chi connectivity index (χ0n) is 11.2. The van der Waals surface area contributed by atoms with Crippen LogP contribution in [0.15, 0.2) is 23.5 Å². The molecule has 0 amide bonds. The fourth-order valence-electron chi connectivity index (χ4n) is 1.64. The topological polar surface area (TPSA) is 142 Å². The average molecular weight is 292 g/mol. The van der Waals surface area contributed by atoms with Crippen LogP contribution in [-0.2, 0) is 7.05 Å². The smallest absolute Gasteiger partial charge is 0.288 e. The van der Waals surface area contributed by atoms with Crippen molar-refractivity contribution in [1.29, 1.82) is 0 Å². The van der Waals surface area contributed by atoms with Gasteiger partial charge in [-0.2, -0.15) is 5.10 Å². The van der Waals surface area contributed by atoms with E-state index >= 15 is 0 Å². The summed E-state index contributed by atoms with van der Waals surface area (Å²) in [7, 11) is 1.66. The molecule has 0 atom stereocenters. The molecule has 2 aromatic heterocycles. The van der Waals surface area contributed by atoms with Crippen LogP contribution in [-0.4, -0.2) is 30.7 Å². The lowest BCUT2D eigenvalue weighted by Crippen LogP contribution is -2.15. The number of hydrogen-bond donors (Lipinski definition) is 2. The molecule has 0 aliphatic rings. The second kappa shape index (κ2) is 5.45. The standard InChI is InChI=1S/C11H12N6O4/c1-6-3-9(16(2)14-6)21-11-8(10(12)15-18)4-7(5-13-11)17(19)20/h3-5,18H,1-2H3,(H2,12,15). The molecule has 2 heterocycles. The first-order valence-electron chi connectivity index (χ1n) is 5.73. The molecule has 0 bridgehead atoms. The number of ether oxygens (including phenoxy) is 1. The SMILES string of the molecule is Cc1cc(Oc2ncc([N+](=O)[O-])cc2/C(N)=N/O)n(C)n1. The number of nitrogens with two attached hydrogens (primary N) is 1. The van der Waals surface area contributed by atoms with Crippen molar-refractivity contribution in [3.63, 3.8) is 0 Å². The molecule has 0 radical (unpaired) electrons. The van der Waals surface area contributed by atoms with Gasteiger partial charge in [0.1, 0.15) is 6.20 Å². The molecule has 21 heavy (non-hydrogen) atoms. The van der Waals surface area contributed by atoms with E-state index in [9.17, 15) is 10.1 Å². The molecule has 3 N–H and O–H groups in total. The average Bonchev–Trinajstić information content (AvgIpc) is 2.76. The Morgan fingerprint density at radius 2 is 2.29 bits per heavy atom. The van der Waals surface area contributed by atoms with Crippen LogP contribution in [0.3, 0.4) is 0 Å². The van der Waals surface area contributed by atoms with Gasteiger partial charge in [0.05, 0.1) is 16.2 Å². The number of rotatable bonds is 4. The summed E-state index contributed by atoms with van der Waals surface area (Å²) in [6, 6.07) is 2.76. The fourth-order valence-corrected chi connectivity index (χ4v) is 1.64. The van der Waals surface area contributed by atoms with E-state index in [0.717, 1.165) is 18.0 Å². The number of aromatic nitrogens is 3. The maximum absolute atomic E-state index is 10.8. The minimum atomic E-state index is -0.640. The van der Waals surface area contributed by atoms with E-state index < -0.39 is 4.92 Å². The molecule has 0 saturated heterocycles. The maximum Gasteiger partial charge on any atom is 0.288 e. The summed E-state index contributed by atoms with van der Waals surface area (Å²) in [4.78, 5) is 14.0. The summed E-state index contributed by atoms with van der Waals surface area (Å²) >= 11 is 0. The molecule has 0 unspecified atom stereocenters. The lowest BCUT2D eigenvalue weighted by molar-refractivity contribution is -0.385. The molecular weight excluding hydrogens is 280 g/mol. The predicted octanol–water partition coefficient (Wildman–Crippen LogP) is 0.919. The highest BCUT2D eigenvalue weighted by Gasteiger charge is 2.18. The van der Waals surface area contributed by atoms with E-state index in [1.165, 1.54) is 4.68 Å². The number of nitro groups is 1. The number of hydrogen-bond acceptors (Lipinski definition) is 7. The van der Waals surface area contributed by atoms with Gasteiger partial charge >= 0.3 is 0 Å². The molecule has 0 aromatic carbocycles. The first-order chi connectivity index (χ1) is 9.92. The lowest BCUT2D eigenvalue weighted by Gasteiger charge is -2.08. The van der Waals surface area contributed by atoms with Crippen molar-refractivity contribution in [2.24, 2.45) is 17.9 Å². The van der Waals surface area contributed by atoms with E-state index in [1.54, 1.807) is 20.0 Å². The molecule has 0 aliphatic heterocycles. The second-order valence-electron chi connectivity index (χ2n) is 4.14. The Kier molecular flexibility index (Phi) is 3.69. The predicted molar refractivity (Wildman–Crippen MR) is 71.4 cm³/mol. The van der Waals surface area contributed by atoms with Gasteiger partial charge in [-0.1, -0.05) is 5.16 Å². The van der Waals surface area contributed by atoms with Crippen molar-refractivity contribution >= 4 is 11.5 Å². The van der Waals surface area contributed by atoms with E-state index in [-0.39, 0.29) is 23.0 Å². The summed E-state index contributed by atoms with van der Waals surface area (Å²) in [5, 5.41) is 26.4. The van der Waals surface area contributed by atoms with E-state index in [4.69, 9.17) is 15.7 Å². The first kappa shape index (κ1) is 14.2. The minimum Gasteiger partial charge on any atom is -0.420 e. The third-order valence-corrected chi connectivity index (χ3v) is 2.59. The van der Waals surface area contributed by atoms with Gasteiger partial charge in [-0.3, -0.25) is 10.1 Å². The highest BCUT2D eigenvalue weighted by Crippen LogP contribution is 2.26. The molecule has 0 aliphatic carbocycles. The number of oxime groups is 1. The van der Waals surface area contributed by atoms with Crippen LogP contribution >= 0.6 is 0 Å². The highest BCUT2D eigenvalue weighted by molar-refractivity contribution is 5.99. The quantitative estimate of drug-likeness (QED) is 0.280. The normalized spacial score (nSPS) is 11.4. The van der Waals surface area contributed by atoms with Crippen LogP contribution in [0.25, 0.3) is 0 Å². The molecule has 2 rings (SSSR count). The largest absolute Gasteiger partial charge is 0.420 e. The van der Waals surface area contributed by atoms with E-state index in [1.807, 2.05) is 0 Å². The molecule has 10 heteroatoms. The van der Waals surface area contributed by atoms with Gasteiger partial charge in [0.25, 0.3) is 5.69 Å². The van der Waals surface area contributed by atoms with Crippen LogP contribution in [0.2, 0.25) is 0 Å². The summed E-state index contributed by atoms with van der Waals surface area (Å²) in [5.74, 6) is -0.0140. The Hall–Kier alpha value is -3.17. The van der Waals surface area contributed by atoms with Gasteiger partial charge in [-0.15, -0.1) is 0 Å². The fraction of sp³-hybridized carbons (Fsp3) is 0.182. The molecule has 10 nitrogen and oxygen atoms in total. The molecule has 2 aromatic rings. The second-order valence-corrected chi connectivity index (χ2v) is 4.14. The molecular formula is C11H12N6O4. The number of amidine groups is 1. The lowest BCUT2D eigenvalue weighted by atomic mass is 10.2. The van der Waals surface area contributed by atoms with Crippen molar-refractivity contribution in [3.8, 4) is 11.8 Å². The van der Waals surface area contributed by atoms with Gasteiger partial charge in [0.15, 0.2) is 5.84 Å². The third-order valence-electron chi connectivity index (χ3n) is 2.59. The zero-order chi connectivity index (χ0) is 15.6. The van der Waals surface area contributed by atoms with Crippen molar-refractivity contribution in [3.05, 3.63) is 39.7 Å². The van der Waals surface area contributed by atoms with Crippen LogP contribution in [0.5, 0.6) is 11.8 Å². The van der Waals surface area contributed by atoms with Crippen molar-refractivity contribution in [1.82, 2.24) is 14.8 Å². The number of nitrogens with zero attached hydrogens (tertiary/aromatic N) is 5. The van der Waals surface area contributed by atoms with Crippen LogP contribution in [0.4, 0.5) is 5.69 Å². The van der Waals surface area contributed by atoms with Crippen LogP contribution in [0, 0.1) is 17.0 Å². The van der Waals surface area contributed by atoms with Gasteiger partial charge in [-0.25, -0.2) is 9.67 Å². The summed E-state index contributed by atoms with van der Waals surface area (Å²) in [6.45, 7) is 1.78. The third kappa shape index (κ3) is 2.88. The Labute approximate surface area is 118 Å². The summed E-state index contributed by atoms with van der Waals surface area (Å²) in [6.07, 6.45) is 1.02. The van der Waals surface area contributed by atoms with Crippen molar-refractivity contribution in [2.45, 2.75) is 6.92 Å². The minimum absolute atomic E-state index is 0.00514. The van der Waals surface area contributed by atoms with Crippen LogP contribution < -0.4 is 10.5 Å². The first-order valence-corrected chi connectivity index (χ1v) is 5.73. The molecule has 110 valence electrons. The maximum atomic E-state index is 10.8. The van der Waals surface area contributed by atoms with E-state index in [0.29, 0.717) is 5.88 Å². The summed E-state index contributed by atoms with van der Waals surface area (Å²) < 4.78 is 6.98. The van der Waals surface area contributed by atoms with Gasteiger partial charge in [0.2, 0.25) is 11.8 Å². The molecule has 0 spiro atoms. The number of pyridine rings is 1. The van der Waals surface area contributed by atoms with E-state index in [2.05, 4.69) is 15.2 Å². The van der Waals surface area contributed by atoms with Gasteiger partial charge < -0.3 is 15.7 Å². The van der Waals surface area contributed by atoms with Gasteiger partial charge in [-0.05, 0) is 6.92 Å². The highest BCUT2D eigenvalue weighted by atomic mass is 16.6. The van der Waals surface area contributed by atoms with Crippen molar-refractivity contribution in [2.75, 3.05) is 0 Å². The molecule has 0 saturated carbocycles. The monoisotopic (exact) mass is 292 g/mol. The Morgan fingerprint density at radius 3 is 2.81 bits per heavy atom. The number of aryl methyl sites for hydroxylation is 2. The van der Waals surface area contributed by atoms with Crippen LogP contribution in [0.1, 0.15) is 11.3 Å². The van der Waals surface area contributed by atoms with Gasteiger partial charge in [0, 0.05) is 19.2 Å². The Bertz CT molecular complexity index is 723. The zero-order valence-corrected chi connectivity index (χ0v) is 11.2. The Morgan fingerprint density at radius 1 is 1.57 bits per heavy atom.